The van der Waals surface area contributed by atoms with Gasteiger partial charge in [0.25, 0.3) is 5.91 Å². The van der Waals surface area contributed by atoms with Crippen LogP contribution in [0, 0.1) is 17.1 Å². The standard InChI is InChI=1S/C27H22Cl2FN3O2/c28-24-15-20(16-25(29)26(24)35-18-19-6-8-22(30)9-7-19)14-21(17-31)27(34)33-12-10-32(11-13-33)23-4-2-1-3-5-23/h1-9,14-16H,10-13,18H2/b21-14-. The molecule has 1 fully saturated rings. The minimum Gasteiger partial charge on any atom is -0.486 e. The van der Waals surface area contributed by atoms with Gasteiger partial charge in [-0.25, -0.2) is 4.39 Å². The van der Waals surface area contributed by atoms with Gasteiger partial charge in [-0.15, -0.1) is 0 Å². The molecule has 0 atom stereocenters. The molecule has 0 radical (unpaired) electrons. The quantitative estimate of drug-likeness (QED) is 0.303. The lowest BCUT2D eigenvalue weighted by Crippen LogP contribution is -2.49. The SMILES string of the molecule is N#C/C(=C/c1cc(Cl)c(OCc2ccc(F)cc2)c(Cl)c1)C(=O)N1CCN(c2ccccc2)CC1. The van der Waals surface area contributed by atoms with Crippen LogP contribution in [0.25, 0.3) is 6.08 Å². The third-order valence-electron chi connectivity index (χ3n) is 5.67. The van der Waals surface area contributed by atoms with Crippen molar-refractivity contribution in [1.29, 1.82) is 5.26 Å². The molecule has 3 aromatic rings. The summed E-state index contributed by atoms with van der Waals surface area (Å²) in [5.41, 5.74) is 2.39. The van der Waals surface area contributed by atoms with Crippen molar-refractivity contribution >= 4 is 40.9 Å². The predicted octanol–water partition coefficient (Wildman–Crippen LogP) is 5.97. The number of hydrogen-bond acceptors (Lipinski definition) is 4. The number of halogens is 3. The van der Waals surface area contributed by atoms with E-state index in [-0.39, 0.29) is 39.7 Å². The minimum absolute atomic E-state index is 0.00488. The highest BCUT2D eigenvalue weighted by atomic mass is 35.5. The highest BCUT2D eigenvalue weighted by Crippen LogP contribution is 2.35. The van der Waals surface area contributed by atoms with Crippen molar-refractivity contribution in [3.8, 4) is 11.8 Å². The maximum atomic E-state index is 13.1. The average molecular weight is 510 g/mol. The Kier molecular flexibility index (Phi) is 7.91. The maximum absolute atomic E-state index is 13.1. The molecule has 178 valence electrons. The Bertz CT molecular complexity index is 1240. The summed E-state index contributed by atoms with van der Waals surface area (Å²) in [6.45, 7) is 2.57. The van der Waals surface area contributed by atoms with Gasteiger partial charge in [-0.1, -0.05) is 53.5 Å². The number of piperazine rings is 1. The second-order valence-electron chi connectivity index (χ2n) is 8.01. The first-order valence-electron chi connectivity index (χ1n) is 11.0. The summed E-state index contributed by atoms with van der Waals surface area (Å²) >= 11 is 12.7. The van der Waals surface area contributed by atoms with E-state index in [2.05, 4.69) is 4.90 Å². The molecule has 1 aliphatic heterocycles. The summed E-state index contributed by atoms with van der Waals surface area (Å²) in [5.74, 6) is -0.386. The number of carbonyl (C=O) groups is 1. The molecule has 4 rings (SSSR count). The van der Waals surface area contributed by atoms with Crippen LogP contribution in [0.5, 0.6) is 5.75 Å². The molecule has 35 heavy (non-hydrogen) atoms. The molecule has 3 aromatic carbocycles. The van der Waals surface area contributed by atoms with Gasteiger partial charge in [0.2, 0.25) is 0 Å². The summed E-state index contributed by atoms with van der Waals surface area (Å²) in [7, 11) is 0. The molecule has 5 nitrogen and oxygen atoms in total. The monoisotopic (exact) mass is 509 g/mol. The zero-order chi connectivity index (χ0) is 24.8. The summed E-state index contributed by atoms with van der Waals surface area (Å²) in [5, 5.41) is 10.1. The van der Waals surface area contributed by atoms with Crippen LogP contribution >= 0.6 is 23.2 Å². The molecule has 0 unspecified atom stereocenters. The first-order chi connectivity index (χ1) is 16.9. The number of amides is 1. The number of hydrogen-bond donors (Lipinski definition) is 0. The highest BCUT2D eigenvalue weighted by Gasteiger charge is 2.24. The van der Waals surface area contributed by atoms with Gasteiger partial charge in [-0.2, -0.15) is 5.26 Å². The van der Waals surface area contributed by atoms with E-state index in [4.69, 9.17) is 27.9 Å². The fourth-order valence-electron chi connectivity index (χ4n) is 3.82. The number of anilines is 1. The second-order valence-corrected chi connectivity index (χ2v) is 8.83. The maximum Gasteiger partial charge on any atom is 0.264 e. The van der Waals surface area contributed by atoms with Crippen LogP contribution in [-0.2, 0) is 11.4 Å². The number of nitriles is 1. The van der Waals surface area contributed by atoms with Crippen molar-refractivity contribution in [2.75, 3.05) is 31.1 Å². The average Bonchev–Trinajstić information content (AvgIpc) is 2.88. The van der Waals surface area contributed by atoms with Gasteiger partial charge < -0.3 is 14.5 Å². The lowest BCUT2D eigenvalue weighted by molar-refractivity contribution is -0.126. The molecule has 1 amide bonds. The van der Waals surface area contributed by atoms with Crippen LogP contribution in [0.4, 0.5) is 10.1 Å². The third kappa shape index (κ3) is 6.13. The molecule has 1 aliphatic rings. The lowest BCUT2D eigenvalue weighted by atomic mass is 10.1. The molecule has 0 aromatic heterocycles. The molecule has 0 aliphatic carbocycles. The summed E-state index contributed by atoms with van der Waals surface area (Å²) in [6, 6.07) is 21.1. The van der Waals surface area contributed by atoms with E-state index in [1.54, 1.807) is 29.2 Å². The van der Waals surface area contributed by atoms with Crippen molar-refractivity contribution in [2.45, 2.75) is 6.61 Å². The van der Waals surface area contributed by atoms with E-state index in [1.165, 1.54) is 18.2 Å². The molecule has 8 heteroatoms. The molecule has 0 spiro atoms. The fraction of sp³-hybridized carbons (Fsp3) is 0.185. The third-order valence-corrected chi connectivity index (χ3v) is 6.23. The number of benzene rings is 3. The van der Waals surface area contributed by atoms with E-state index in [0.29, 0.717) is 31.7 Å². The van der Waals surface area contributed by atoms with Crippen molar-refractivity contribution in [1.82, 2.24) is 4.90 Å². The van der Waals surface area contributed by atoms with Gasteiger partial charge in [0, 0.05) is 31.9 Å². The Balaban J connectivity index is 1.43. The van der Waals surface area contributed by atoms with E-state index in [0.717, 1.165) is 11.3 Å². The van der Waals surface area contributed by atoms with Crippen LogP contribution in [0.2, 0.25) is 10.0 Å². The summed E-state index contributed by atoms with van der Waals surface area (Å²) < 4.78 is 18.8. The van der Waals surface area contributed by atoms with E-state index < -0.39 is 0 Å². The van der Waals surface area contributed by atoms with Crippen LogP contribution in [0.1, 0.15) is 11.1 Å². The van der Waals surface area contributed by atoms with Gasteiger partial charge >= 0.3 is 0 Å². The van der Waals surface area contributed by atoms with Crippen LogP contribution in [-0.4, -0.2) is 37.0 Å². The zero-order valence-corrected chi connectivity index (χ0v) is 20.3. The van der Waals surface area contributed by atoms with Crippen LogP contribution < -0.4 is 9.64 Å². The Labute approximate surface area is 213 Å². The molecule has 1 saturated heterocycles. The Morgan fingerprint density at radius 1 is 1.00 bits per heavy atom. The highest BCUT2D eigenvalue weighted by molar-refractivity contribution is 6.37. The smallest absolute Gasteiger partial charge is 0.264 e. The zero-order valence-electron chi connectivity index (χ0n) is 18.8. The number of ether oxygens (including phenoxy) is 1. The molecule has 0 bridgehead atoms. The number of para-hydroxylation sites is 1. The second kappa shape index (κ2) is 11.3. The van der Waals surface area contributed by atoms with E-state index in [1.807, 2.05) is 36.4 Å². The number of rotatable bonds is 6. The Morgan fingerprint density at radius 2 is 1.63 bits per heavy atom. The fourth-order valence-corrected chi connectivity index (χ4v) is 4.44. The van der Waals surface area contributed by atoms with Gasteiger partial charge in [0.05, 0.1) is 10.0 Å². The molecule has 0 saturated carbocycles. The normalized spacial score (nSPS) is 13.9. The van der Waals surface area contributed by atoms with Crippen molar-refractivity contribution in [3.63, 3.8) is 0 Å². The minimum atomic E-state index is -0.332. The van der Waals surface area contributed by atoms with Crippen molar-refractivity contribution < 1.29 is 13.9 Å². The van der Waals surface area contributed by atoms with Crippen molar-refractivity contribution in [3.05, 3.63) is 99.3 Å². The first kappa shape index (κ1) is 24.6. The van der Waals surface area contributed by atoms with Crippen molar-refractivity contribution in [2.24, 2.45) is 0 Å². The van der Waals surface area contributed by atoms with E-state index in [9.17, 15) is 14.4 Å². The summed E-state index contributed by atoms with van der Waals surface area (Å²) in [6.07, 6.45) is 1.48. The Hall–Kier alpha value is -3.53. The van der Waals surface area contributed by atoms with Gasteiger partial charge in [-0.3, -0.25) is 4.79 Å². The molecular weight excluding hydrogens is 488 g/mol. The molecule has 1 heterocycles. The van der Waals surface area contributed by atoms with Crippen LogP contribution in [0.15, 0.2) is 72.3 Å². The topological polar surface area (TPSA) is 56.6 Å². The number of nitrogens with zero attached hydrogens (tertiary/aromatic N) is 3. The first-order valence-corrected chi connectivity index (χ1v) is 11.8. The molecular formula is C27H22Cl2FN3O2. The van der Waals surface area contributed by atoms with E-state index >= 15 is 0 Å². The predicted molar refractivity (Wildman–Crippen MR) is 136 cm³/mol. The van der Waals surface area contributed by atoms with Gasteiger partial charge in [-0.05, 0) is 53.6 Å². The van der Waals surface area contributed by atoms with Crippen LogP contribution in [0.3, 0.4) is 0 Å². The molecule has 0 N–H and O–H groups in total. The number of carbonyl (C=O) groups excluding carboxylic acids is 1. The van der Waals surface area contributed by atoms with Gasteiger partial charge in [0.1, 0.15) is 24.1 Å². The van der Waals surface area contributed by atoms with Gasteiger partial charge in [0.15, 0.2) is 5.75 Å². The Morgan fingerprint density at radius 3 is 2.23 bits per heavy atom. The lowest BCUT2D eigenvalue weighted by Gasteiger charge is -2.36. The summed E-state index contributed by atoms with van der Waals surface area (Å²) in [4.78, 5) is 16.9. The largest absolute Gasteiger partial charge is 0.486 e.